The average molecular weight is 362 g/mol. The van der Waals surface area contributed by atoms with E-state index in [0.29, 0.717) is 0 Å². The van der Waals surface area contributed by atoms with Crippen molar-refractivity contribution in [2.24, 2.45) is 0 Å². The molecule has 134 valence electrons. The third-order valence-corrected chi connectivity index (χ3v) is 5.67. The van der Waals surface area contributed by atoms with E-state index in [1.807, 2.05) is 36.4 Å². The van der Waals surface area contributed by atoms with Crippen LogP contribution in [0.5, 0.6) is 0 Å². The van der Waals surface area contributed by atoms with Crippen molar-refractivity contribution in [1.82, 2.24) is 0 Å². The molecule has 0 spiro atoms. The van der Waals surface area contributed by atoms with Gasteiger partial charge in [-0.2, -0.15) is 0 Å². The van der Waals surface area contributed by atoms with E-state index in [1.165, 1.54) is 0 Å². The summed E-state index contributed by atoms with van der Waals surface area (Å²) in [5.41, 5.74) is 2.69. The first kappa shape index (κ1) is 19.4. The van der Waals surface area contributed by atoms with Gasteiger partial charge >= 0.3 is 13.6 Å². The van der Waals surface area contributed by atoms with E-state index in [1.54, 1.807) is 19.1 Å². The van der Waals surface area contributed by atoms with E-state index >= 15 is 0 Å². The summed E-state index contributed by atoms with van der Waals surface area (Å²) in [5, 5.41) is 9.00. The summed E-state index contributed by atoms with van der Waals surface area (Å²) in [4.78, 5) is 20.7. The zero-order chi connectivity index (χ0) is 18.7. The molecular formula is C19H23O5P. The molecular weight excluding hydrogens is 339 g/mol. The third-order valence-electron chi connectivity index (χ3n) is 4.24. The quantitative estimate of drug-likeness (QED) is 0.712. The van der Waals surface area contributed by atoms with Crippen LogP contribution >= 0.6 is 7.60 Å². The first-order valence-corrected chi connectivity index (χ1v) is 9.81. The lowest BCUT2D eigenvalue weighted by Gasteiger charge is -2.26. The van der Waals surface area contributed by atoms with E-state index in [4.69, 9.17) is 9.63 Å². The lowest BCUT2D eigenvalue weighted by Crippen LogP contribution is -2.19. The first-order chi connectivity index (χ1) is 11.7. The number of carboxylic acid groups (broad SMARTS) is 1. The molecule has 2 rings (SSSR count). The minimum Gasteiger partial charge on any atom is -0.478 e. The molecule has 5 nitrogen and oxygen atoms in total. The second kappa shape index (κ2) is 7.52. The van der Waals surface area contributed by atoms with Crippen molar-refractivity contribution in [2.75, 3.05) is 6.61 Å². The van der Waals surface area contributed by atoms with E-state index in [9.17, 15) is 14.3 Å². The Bertz CT molecular complexity index is 778. The summed E-state index contributed by atoms with van der Waals surface area (Å²) in [6, 6.07) is 14.3. The van der Waals surface area contributed by atoms with Crippen LogP contribution in [0.4, 0.5) is 0 Å². The Morgan fingerprint density at radius 1 is 1.04 bits per heavy atom. The molecule has 1 atom stereocenters. The van der Waals surface area contributed by atoms with Crippen LogP contribution in [0.15, 0.2) is 48.5 Å². The number of carbonyl (C=O) groups is 1. The van der Waals surface area contributed by atoms with Gasteiger partial charge in [0.2, 0.25) is 0 Å². The van der Waals surface area contributed by atoms with E-state index in [-0.39, 0.29) is 23.7 Å². The van der Waals surface area contributed by atoms with Gasteiger partial charge in [-0.05, 0) is 35.7 Å². The van der Waals surface area contributed by atoms with Crippen molar-refractivity contribution in [3.8, 4) is 0 Å². The predicted octanol–water partition coefficient (Wildman–Crippen LogP) is 4.43. The Labute approximate surface area is 147 Å². The second-order valence-electron chi connectivity index (χ2n) is 6.42. The Kier molecular flexibility index (Phi) is 5.83. The van der Waals surface area contributed by atoms with Crippen LogP contribution in [0.1, 0.15) is 47.8 Å². The molecule has 2 aromatic rings. The molecule has 0 amide bonds. The zero-order valence-electron chi connectivity index (χ0n) is 14.6. The van der Waals surface area contributed by atoms with Crippen LogP contribution in [0.2, 0.25) is 0 Å². The molecule has 0 saturated carbocycles. The van der Waals surface area contributed by atoms with Crippen molar-refractivity contribution in [3.63, 3.8) is 0 Å². The number of hydrogen-bond acceptors (Lipinski definition) is 3. The normalized spacial score (nSPS) is 14.1. The standard InChI is InChI=1S/C19H23O5P/c1-4-24-25(22,23)13-14-5-9-16(10-6-14)19(2,3)17-11-7-15(8-12-17)18(20)21/h5-12H,4,13H2,1-3H3,(H,20,21)(H,22,23). The van der Waals surface area contributed by atoms with E-state index in [0.717, 1.165) is 16.7 Å². The number of carboxylic acids is 1. The predicted molar refractivity (Wildman–Crippen MR) is 97.1 cm³/mol. The molecule has 0 bridgehead atoms. The maximum atomic E-state index is 11.9. The SMILES string of the molecule is CCOP(=O)(O)Cc1ccc(C(C)(C)c2ccc(C(=O)O)cc2)cc1. The van der Waals surface area contributed by atoms with Crippen molar-refractivity contribution in [3.05, 3.63) is 70.8 Å². The van der Waals surface area contributed by atoms with Gasteiger partial charge in [-0.3, -0.25) is 4.57 Å². The topological polar surface area (TPSA) is 83.8 Å². The molecule has 2 N–H and O–H groups in total. The largest absolute Gasteiger partial charge is 0.478 e. The number of aromatic carboxylic acids is 1. The monoisotopic (exact) mass is 362 g/mol. The highest BCUT2D eigenvalue weighted by molar-refractivity contribution is 7.51. The van der Waals surface area contributed by atoms with Crippen LogP contribution in [0, 0.1) is 0 Å². The smallest absolute Gasteiger partial charge is 0.335 e. The molecule has 6 heteroatoms. The Balaban J connectivity index is 2.22. The van der Waals surface area contributed by atoms with Gasteiger partial charge in [0.05, 0.1) is 18.3 Å². The molecule has 1 unspecified atom stereocenters. The minimum atomic E-state index is -3.60. The van der Waals surface area contributed by atoms with Crippen LogP contribution in [0.3, 0.4) is 0 Å². The summed E-state index contributed by atoms with van der Waals surface area (Å²) in [5.74, 6) is -0.948. The molecule has 0 heterocycles. The first-order valence-electron chi connectivity index (χ1n) is 8.05. The zero-order valence-corrected chi connectivity index (χ0v) is 15.5. The molecule has 2 aromatic carbocycles. The average Bonchev–Trinajstić information content (AvgIpc) is 2.55. The van der Waals surface area contributed by atoms with Gasteiger partial charge in [0.25, 0.3) is 0 Å². The number of benzene rings is 2. The van der Waals surface area contributed by atoms with Gasteiger partial charge in [-0.1, -0.05) is 50.2 Å². The summed E-state index contributed by atoms with van der Waals surface area (Å²) >= 11 is 0. The van der Waals surface area contributed by atoms with Crippen LogP contribution < -0.4 is 0 Å². The molecule has 0 saturated heterocycles. The van der Waals surface area contributed by atoms with Gasteiger partial charge in [-0.15, -0.1) is 0 Å². The molecule has 25 heavy (non-hydrogen) atoms. The molecule has 0 fully saturated rings. The maximum absolute atomic E-state index is 11.9. The van der Waals surface area contributed by atoms with Crippen LogP contribution in [0.25, 0.3) is 0 Å². The highest BCUT2D eigenvalue weighted by Crippen LogP contribution is 2.45. The lowest BCUT2D eigenvalue weighted by molar-refractivity contribution is 0.0696. The van der Waals surface area contributed by atoms with Gasteiger partial charge < -0.3 is 14.5 Å². The molecule has 0 aliphatic rings. The summed E-state index contributed by atoms with van der Waals surface area (Å²) < 4.78 is 16.8. The fourth-order valence-corrected chi connectivity index (χ4v) is 3.87. The summed E-state index contributed by atoms with van der Waals surface area (Å²) in [6.45, 7) is 5.99. The van der Waals surface area contributed by atoms with Crippen LogP contribution in [-0.4, -0.2) is 22.6 Å². The fraction of sp³-hybridized carbons (Fsp3) is 0.316. The summed E-state index contributed by atoms with van der Waals surface area (Å²) in [6.07, 6.45) is -0.0190. The lowest BCUT2D eigenvalue weighted by atomic mass is 9.78. The fourth-order valence-electron chi connectivity index (χ4n) is 2.70. The maximum Gasteiger partial charge on any atom is 0.335 e. The van der Waals surface area contributed by atoms with Crippen molar-refractivity contribution < 1.29 is 23.9 Å². The van der Waals surface area contributed by atoms with E-state index < -0.39 is 13.6 Å². The van der Waals surface area contributed by atoms with Crippen molar-refractivity contribution >= 4 is 13.6 Å². The minimum absolute atomic E-state index is 0.0190. The van der Waals surface area contributed by atoms with Crippen LogP contribution in [-0.2, 0) is 20.7 Å². The van der Waals surface area contributed by atoms with Gasteiger partial charge in [-0.25, -0.2) is 4.79 Å². The van der Waals surface area contributed by atoms with Crippen molar-refractivity contribution in [1.29, 1.82) is 0 Å². The molecule has 0 aliphatic carbocycles. The van der Waals surface area contributed by atoms with Gasteiger partial charge in [0, 0.05) is 5.41 Å². The summed E-state index contributed by atoms with van der Waals surface area (Å²) in [7, 11) is -3.60. The number of rotatable bonds is 7. The van der Waals surface area contributed by atoms with Crippen molar-refractivity contribution in [2.45, 2.75) is 32.3 Å². The Hall–Kier alpha value is -1.94. The molecule has 0 radical (unpaired) electrons. The van der Waals surface area contributed by atoms with Gasteiger partial charge in [0.1, 0.15) is 0 Å². The third kappa shape index (κ3) is 4.79. The second-order valence-corrected chi connectivity index (χ2v) is 8.27. The van der Waals surface area contributed by atoms with E-state index in [2.05, 4.69) is 13.8 Å². The number of hydrogen-bond donors (Lipinski definition) is 2. The Morgan fingerprint density at radius 2 is 1.52 bits per heavy atom. The highest BCUT2D eigenvalue weighted by atomic mass is 31.2. The molecule has 0 aromatic heterocycles. The van der Waals surface area contributed by atoms with Gasteiger partial charge in [0.15, 0.2) is 0 Å². The Morgan fingerprint density at radius 3 is 1.96 bits per heavy atom. The molecule has 0 aliphatic heterocycles. The highest BCUT2D eigenvalue weighted by Gasteiger charge is 2.24.